The lowest BCUT2D eigenvalue weighted by Crippen LogP contribution is -2.38. The zero-order valence-electron chi connectivity index (χ0n) is 13.8. The Morgan fingerprint density at radius 3 is 2.50 bits per heavy atom. The highest BCUT2D eigenvalue weighted by Crippen LogP contribution is 2.19. The molecule has 1 fully saturated rings. The Balaban J connectivity index is 0.00000242. The van der Waals surface area contributed by atoms with Crippen LogP contribution in [0, 0.1) is 0 Å². The fraction of sp³-hybridized carbons (Fsp3) is 0.588. The van der Waals surface area contributed by atoms with Crippen LogP contribution in [0.1, 0.15) is 45.1 Å². The molecule has 0 aliphatic heterocycles. The van der Waals surface area contributed by atoms with Crippen molar-refractivity contribution in [2.24, 2.45) is 4.99 Å². The van der Waals surface area contributed by atoms with E-state index in [2.05, 4.69) is 48.5 Å². The van der Waals surface area contributed by atoms with Crippen molar-refractivity contribution in [2.75, 3.05) is 19.7 Å². The zero-order chi connectivity index (χ0) is 15.1. The molecule has 4 nitrogen and oxygen atoms in total. The molecule has 0 unspecified atom stereocenters. The highest BCUT2D eigenvalue weighted by Gasteiger charge is 2.21. The Labute approximate surface area is 151 Å². The predicted octanol–water partition coefficient (Wildman–Crippen LogP) is 3.52. The number of aliphatic imine (C=N–C) groups is 1. The molecule has 1 aliphatic carbocycles. The molecule has 0 heterocycles. The van der Waals surface area contributed by atoms with Gasteiger partial charge in [0.1, 0.15) is 12.4 Å². The summed E-state index contributed by atoms with van der Waals surface area (Å²) in [5.41, 5.74) is 1.34. The van der Waals surface area contributed by atoms with E-state index in [1.54, 1.807) is 0 Å². The molecule has 0 atom stereocenters. The fourth-order valence-electron chi connectivity index (χ4n) is 2.01. The van der Waals surface area contributed by atoms with Gasteiger partial charge in [0, 0.05) is 12.6 Å². The second-order valence-corrected chi connectivity index (χ2v) is 5.75. The summed E-state index contributed by atoms with van der Waals surface area (Å²) in [6.07, 6.45) is 2.51. The molecule has 2 rings (SSSR count). The van der Waals surface area contributed by atoms with Crippen molar-refractivity contribution in [1.29, 1.82) is 0 Å². The summed E-state index contributed by atoms with van der Waals surface area (Å²) in [6, 6.07) is 8.94. The molecule has 22 heavy (non-hydrogen) atoms. The van der Waals surface area contributed by atoms with Crippen LogP contribution in [0.3, 0.4) is 0 Å². The van der Waals surface area contributed by atoms with E-state index in [4.69, 9.17) is 4.74 Å². The van der Waals surface area contributed by atoms with Gasteiger partial charge in [0.15, 0.2) is 5.96 Å². The van der Waals surface area contributed by atoms with Crippen LogP contribution in [0.2, 0.25) is 0 Å². The van der Waals surface area contributed by atoms with Gasteiger partial charge in [-0.25, -0.2) is 4.99 Å². The minimum absolute atomic E-state index is 0. The maximum atomic E-state index is 5.73. The van der Waals surface area contributed by atoms with Crippen molar-refractivity contribution in [3.8, 4) is 5.75 Å². The first kappa shape index (κ1) is 19.1. The highest BCUT2D eigenvalue weighted by atomic mass is 127. The second-order valence-electron chi connectivity index (χ2n) is 5.75. The van der Waals surface area contributed by atoms with Crippen LogP contribution >= 0.6 is 24.0 Å². The van der Waals surface area contributed by atoms with Crippen LogP contribution in [0.4, 0.5) is 0 Å². The third-order valence-electron chi connectivity index (χ3n) is 3.44. The van der Waals surface area contributed by atoms with E-state index in [0.29, 0.717) is 25.1 Å². The standard InChI is InChI=1S/C17H27N3O.HI/c1-4-18-17(20-15-7-8-15)19-11-12-21-16-9-5-14(6-10-16)13(2)3;/h5-6,9-10,13,15H,4,7-8,11-12H2,1-3H3,(H2,18,19,20);1H. The molecule has 0 amide bonds. The Morgan fingerprint density at radius 1 is 1.27 bits per heavy atom. The van der Waals surface area contributed by atoms with Crippen molar-refractivity contribution < 1.29 is 4.74 Å². The molecule has 1 saturated carbocycles. The van der Waals surface area contributed by atoms with E-state index in [0.717, 1.165) is 18.3 Å². The zero-order valence-corrected chi connectivity index (χ0v) is 16.1. The van der Waals surface area contributed by atoms with Gasteiger partial charge in [0.05, 0.1) is 6.54 Å². The first-order chi connectivity index (χ1) is 10.2. The van der Waals surface area contributed by atoms with Crippen LogP contribution in [-0.2, 0) is 0 Å². The minimum atomic E-state index is 0. The number of hydrogen-bond acceptors (Lipinski definition) is 2. The minimum Gasteiger partial charge on any atom is -0.492 e. The molecular formula is C17H28IN3O. The van der Waals surface area contributed by atoms with Gasteiger partial charge in [-0.2, -0.15) is 0 Å². The van der Waals surface area contributed by atoms with Crippen LogP contribution in [-0.4, -0.2) is 31.7 Å². The lowest BCUT2D eigenvalue weighted by Gasteiger charge is -2.11. The number of nitrogens with one attached hydrogen (secondary N) is 2. The monoisotopic (exact) mass is 417 g/mol. The molecule has 0 spiro atoms. The van der Waals surface area contributed by atoms with Gasteiger partial charge in [-0.1, -0.05) is 26.0 Å². The SMILES string of the molecule is CCNC(=NCCOc1ccc(C(C)C)cc1)NC1CC1.I. The molecule has 1 aromatic carbocycles. The van der Waals surface area contributed by atoms with Gasteiger partial charge in [0.2, 0.25) is 0 Å². The first-order valence-corrected chi connectivity index (χ1v) is 7.96. The molecule has 0 radical (unpaired) electrons. The maximum absolute atomic E-state index is 5.73. The Morgan fingerprint density at radius 2 is 1.95 bits per heavy atom. The van der Waals surface area contributed by atoms with Gasteiger partial charge >= 0.3 is 0 Å². The van der Waals surface area contributed by atoms with Gasteiger partial charge in [-0.05, 0) is 43.4 Å². The normalized spacial score (nSPS) is 14.5. The summed E-state index contributed by atoms with van der Waals surface area (Å²) in [5.74, 6) is 2.37. The van der Waals surface area contributed by atoms with Gasteiger partial charge < -0.3 is 15.4 Å². The largest absolute Gasteiger partial charge is 0.492 e. The topological polar surface area (TPSA) is 45.7 Å². The van der Waals surface area contributed by atoms with E-state index >= 15 is 0 Å². The molecule has 0 saturated heterocycles. The van der Waals surface area contributed by atoms with Crippen molar-refractivity contribution in [2.45, 2.75) is 45.6 Å². The molecule has 1 aromatic rings. The Kier molecular flexibility index (Phi) is 8.60. The number of halogens is 1. The van der Waals surface area contributed by atoms with Gasteiger partial charge in [-0.3, -0.25) is 0 Å². The summed E-state index contributed by atoms with van der Waals surface area (Å²) >= 11 is 0. The van der Waals surface area contributed by atoms with E-state index < -0.39 is 0 Å². The molecule has 5 heteroatoms. The van der Waals surface area contributed by atoms with Gasteiger partial charge in [-0.15, -0.1) is 24.0 Å². The van der Waals surface area contributed by atoms with E-state index in [-0.39, 0.29) is 24.0 Å². The number of benzene rings is 1. The highest BCUT2D eigenvalue weighted by molar-refractivity contribution is 14.0. The Hall–Kier alpha value is -0.980. The summed E-state index contributed by atoms with van der Waals surface area (Å²) in [6.45, 7) is 8.61. The van der Waals surface area contributed by atoms with Gasteiger partial charge in [0.25, 0.3) is 0 Å². The summed E-state index contributed by atoms with van der Waals surface area (Å²) in [4.78, 5) is 4.52. The smallest absolute Gasteiger partial charge is 0.191 e. The Bertz CT molecular complexity index is 455. The number of nitrogens with zero attached hydrogens (tertiary/aromatic N) is 1. The van der Waals surface area contributed by atoms with Crippen molar-refractivity contribution in [1.82, 2.24) is 10.6 Å². The van der Waals surface area contributed by atoms with E-state index in [1.807, 2.05) is 12.1 Å². The van der Waals surface area contributed by atoms with Crippen molar-refractivity contribution >= 4 is 29.9 Å². The first-order valence-electron chi connectivity index (χ1n) is 7.96. The average Bonchev–Trinajstić information content (AvgIpc) is 3.28. The van der Waals surface area contributed by atoms with E-state index in [1.165, 1.54) is 18.4 Å². The third kappa shape index (κ3) is 6.85. The molecule has 0 bridgehead atoms. The third-order valence-corrected chi connectivity index (χ3v) is 3.44. The number of ether oxygens (including phenoxy) is 1. The lowest BCUT2D eigenvalue weighted by atomic mass is 10.0. The summed E-state index contributed by atoms with van der Waals surface area (Å²) in [5, 5.41) is 6.65. The van der Waals surface area contributed by atoms with Crippen LogP contribution in [0.25, 0.3) is 0 Å². The molecular weight excluding hydrogens is 389 g/mol. The molecule has 124 valence electrons. The van der Waals surface area contributed by atoms with Crippen LogP contribution in [0.15, 0.2) is 29.3 Å². The summed E-state index contributed by atoms with van der Waals surface area (Å²) < 4.78 is 5.73. The quantitative estimate of drug-likeness (QED) is 0.309. The fourth-order valence-corrected chi connectivity index (χ4v) is 2.01. The second kappa shape index (κ2) is 9.92. The van der Waals surface area contributed by atoms with Crippen LogP contribution in [0.5, 0.6) is 5.75 Å². The molecule has 0 aromatic heterocycles. The number of guanidine groups is 1. The predicted molar refractivity (Wildman–Crippen MR) is 104 cm³/mol. The van der Waals surface area contributed by atoms with Crippen LogP contribution < -0.4 is 15.4 Å². The lowest BCUT2D eigenvalue weighted by molar-refractivity contribution is 0.328. The molecule has 1 aliphatic rings. The van der Waals surface area contributed by atoms with E-state index in [9.17, 15) is 0 Å². The summed E-state index contributed by atoms with van der Waals surface area (Å²) in [7, 11) is 0. The molecule has 2 N–H and O–H groups in total. The van der Waals surface area contributed by atoms with Crippen molar-refractivity contribution in [3.63, 3.8) is 0 Å². The maximum Gasteiger partial charge on any atom is 0.191 e. The average molecular weight is 417 g/mol. The van der Waals surface area contributed by atoms with Crippen molar-refractivity contribution in [3.05, 3.63) is 29.8 Å². The number of hydrogen-bond donors (Lipinski definition) is 2. The number of rotatable bonds is 7.